The van der Waals surface area contributed by atoms with Crippen molar-refractivity contribution in [2.24, 2.45) is 0 Å². The number of carboxylic acids is 1. The van der Waals surface area contributed by atoms with Gasteiger partial charge in [0.2, 0.25) is 0 Å². The van der Waals surface area contributed by atoms with Crippen molar-refractivity contribution in [3.63, 3.8) is 0 Å². The van der Waals surface area contributed by atoms with E-state index < -0.39 is 5.97 Å². The second-order valence-electron chi connectivity index (χ2n) is 4.19. The van der Waals surface area contributed by atoms with Crippen LogP contribution in [0, 0.1) is 0 Å². The van der Waals surface area contributed by atoms with E-state index in [4.69, 9.17) is 10.2 Å². The summed E-state index contributed by atoms with van der Waals surface area (Å²) in [5.74, 6) is -0.341. The number of hydrogen-bond donors (Lipinski definition) is 2. The standard InChI is InChI=1S/C14H15N3O3/c1-2-5-17(6-7-18)13-11-4-3-10(14(19)20)8-12(11)15-9-16-13/h2-4,8-9,18H,1,5-7H2,(H,19,20). The number of anilines is 1. The smallest absolute Gasteiger partial charge is 0.335 e. The quantitative estimate of drug-likeness (QED) is 0.772. The van der Waals surface area contributed by atoms with Crippen molar-refractivity contribution in [3.05, 3.63) is 42.7 Å². The van der Waals surface area contributed by atoms with Gasteiger partial charge in [-0.2, -0.15) is 0 Å². The van der Waals surface area contributed by atoms with Crippen LogP contribution >= 0.6 is 0 Å². The average molecular weight is 273 g/mol. The molecule has 0 aliphatic heterocycles. The lowest BCUT2D eigenvalue weighted by atomic mass is 10.1. The Morgan fingerprint density at radius 2 is 2.20 bits per heavy atom. The first-order chi connectivity index (χ1) is 9.67. The predicted molar refractivity (Wildman–Crippen MR) is 76.0 cm³/mol. The first-order valence-electron chi connectivity index (χ1n) is 6.12. The zero-order chi connectivity index (χ0) is 14.5. The van der Waals surface area contributed by atoms with Crippen LogP contribution in [-0.2, 0) is 0 Å². The van der Waals surface area contributed by atoms with Gasteiger partial charge in [0.25, 0.3) is 0 Å². The van der Waals surface area contributed by atoms with Crippen molar-refractivity contribution in [2.45, 2.75) is 0 Å². The maximum Gasteiger partial charge on any atom is 0.335 e. The number of carbonyl (C=O) groups is 1. The first kappa shape index (κ1) is 14.0. The van der Waals surface area contributed by atoms with Gasteiger partial charge in [-0.15, -0.1) is 6.58 Å². The molecule has 0 saturated heterocycles. The largest absolute Gasteiger partial charge is 0.478 e. The third-order valence-electron chi connectivity index (χ3n) is 2.88. The molecule has 1 aromatic heterocycles. The van der Waals surface area contributed by atoms with Gasteiger partial charge in [-0.1, -0.05) is 6.08 Å². The van der Waals surface area contributed by atoms with E-state index in [0.717, 1.165) is 5.39 Å². The van der Waals surface area contributed by atoms with E-state index in [1.165, 1.54) is 18.5 Å². The van der Waals surface area contributed by atoms with Gasteiger partial charge in [-0.3, -0.25) is 0 Å². The Kier molecular flexibility index (Phi) is 4.27. The second-order valence-corrected chi connectivity index (χ2v) is 4.19. The maximum absolute atomic E-state index is 11.0. The van der Waals surface area contributed by atoms with Crippen LogP contribution in [0.5, 0.6) is 0 Å². The fourth-order valence-corrected chi connectivity index (χ4v) is 1.99. The number of aliphatic hydroxyl groups excluding tert-OH is 1. The maximum atomic E-state index is 11.0. The summed E-state index contributed by atoms with van der Waals surface area (Å²) < 4.78 is 0. The van der Waals surface area contributed by atoms with Crippen LogP contribution in [0.3, 0.4) is 0 Å². The van der Waals surface area contributed by atoms with Gasteiger partial charge in [0, 0.05) is 18.5 Å². The third kappa shape index (κ3) is 2.75. The van der Waals surface area contributed by atoms with Crippen molar-refractivity contribution >= 4 is 22.7 Å². The molecule has 104 valence electrons. The van der Waals surface area contributed by atoms with E-state index in [2.05, 4.69) is 16.5 Å². The molecule has 2 aromatic rings. The molecule has 1 aromatic carbocycles. The van der Waals surface area contributed by atoms with Crippen molar-refractivity contribution in [3.8, 4) is 0 Å². The number of benzene rings is 1. The lowest BCUT2D eigenvalue weighted by Crippen LogP contribution is -2.27. The molecule has 6 nitrogen and oxygen atoms in total. The molecule has 0 fully saturated rings. The molecule has 0 saturated carbocycles. The summed E-state index contributed by atoms with van der Waals surface area (Å²) in [6, 6.07) is 4.71. The third-order valence-corrected chi connectivity index (χ3v) is 2.88. The van der Waals surface area contributed by atoms with Crippen LogP contribution < -0.4 is 4.90 Å². The van der Waals surface area contributed by atoms with Crippen molar-refractivity contribution in [1.29, 1.82) is 0 Å². The Labute approximate surface area is 116 Å². The molecule has 0 unspecified atom stereocenters. The highest BCUT2D eigenvalue weighted by Crippen LogP contribution is 2.23. The fourth-order valence-electron chi connectivity index (χ4n) is 1.99. The summed E-state index contributed by atoms with van der Waals surface area (Å²) >= 11 is 0. The zero-order valence-corrected chi connectivity index (χ0v) is 10.9. The number of aliphatic hydroxyl groups is 1. The van der Waals surface area contributed by atoms with Crippen LogP contribution in [0.4, 0.5) is 5.82 Å². The van der Waals surface area contributed by atoms with Gasteiger partial charge >= 0.3 is 5.97 Å². The van der Waals surface area contributed by atoms with Gasteiger partial charge < -0.3 is 15.1 Å². The number of nitrogens with zero attached hydrogens (tertiary/aromatic N) is 3. The zero-order valence-electron chi connectivity index (χ0n) is 10.9. The number of carboxylic acid groups (broad SMARTS) is 1. The molecule has 0 bridgehead atoms. The molecule has 0 aliphatic carbocycles. The Hall–Kier alpha value is -2.47. The number of fused-ring (bicyclic) bond motifs is 1. The highest BCUT2D eigenvalue weighted by Gasteiger charge is 2.12. The molecular weight excluding hydrogens is 258 g/mol. The second kappa shape index (κ2) is 6.12. The molecule has 2 N–H and O–H groups in total. The molecule has 0 atom stereocenters. The predicted octanol–water partition coefficient (Wildman–Crippen LogP) is 1.31. The Morgan fingerprint density at radius 3 is 2.85 bits per heavy atom. The van der Waals surface area contributed by atoms with Crippen LogP contribution in [0.1, 0.15) is 10.4 Å². The normalized spacial score (nSPS) is 10.4. The summed E-state index contributed by atoms with van der Waals surface area (Å²) in [7, 11) is 0. The first-order valence-corrected chi connectivity index (χ1v) is 6.12. The number of aromatic nitrogens is 2. The Bertz CT molecular complexity index is 643. The molecule has 6 heteroatoms. The molecule has 1 heterocycles. The van der Waals surface area contributed by atoms with Gasteiger partial charge in [0.1, 0.15) is 12.1 Å². The average Bonchev–Trinajstić information content (AvgIpc) is 2.45. The van der Waals surface area contributed by atoms with Crippen LogP contribution in [0.15, 0.2) is 37.2 Å². The molecule has 0 aliphatic rings. The lowest BCUT2D eigenvalue weighted by molar-refractivity contribution is 0.0697. The van der Waals surface area contributed by atoms with Crippen LogP contribution in [0.2, 0.25) is 0 Å². The molecule has 0 spiro atoms. The minimum absolute atomic E-state index is 0.00740. The Morgan fingerprint density at radius 1 is 1.40 bits per heavy atom. The summed E-state index contributed by atoms with van der Waals surface area (Å²) in [5, 5.41) is 18.9. The number of hydrogen-bond acceptors (Lipinski definition) is 5. The van der Waals surface area contributed by atoms with Crippen LogP contribution in [-0.4, -0.2) is 45.8 Å². The van der Waals surface area contributed by atoms with E-state index >= 15 is 0 Å². The monoisotopic (exact) mass is 273 g/mol. The van der Waals surface area contributed by atoms with E-state index in [1.54, 1.807) is 12.1 Å². The van der Waals surface area contributed by atoms with Gasteiger partial charge in [0.15, 0.2) is 0 Å². The van der Waals surface area contributed by atoms with Gasteiger partial charge in [-0.05, 0) is 18.2 Å². The van der Waals surface area contributed by atoms with Crippen molar-refractivity contribution in [2.75, 3.05) is 24.6 Å². The topological polar surface area (TPSA) is 86.5 Å². The van der Waals surface area contributed by atoms with E-state index in [1.807, 2.05) is 4.90 Å². The fraction of sp³-hybridized carbons (Fsp3) is 0.214. The minimum atomic E-state index is -0.995. The molecule has 0 amide bonds. The van der Waals surface area contributed by atoms with Gasteiger partial charge in [-0.25, -0.2) is 14.8 Å². The van der Waals surface area contributed by atoms with Crippen molar-refractivity contribution in [1.82, 2.24) is 9.97 Å². The van der Waals surface area contributed by atoms with Gasteiger partial charge in [0.05, 0.1) is 17.7 Å². The van der Waals surface area contributed by atoms with E-state index in [-0.39, 0.29) is 12.2 Å². The Balaban J connectivity index is 2.53. The minimum Gasteiger partial charge on any atom is -0.478 e. The SMILES string of the molecule is C=CCN(CCO)c1ncnc2cc(C(=O)O)ccc12. The lowest BCUT2D eigenvalue weighted by Gasteiger charge is -2.22. The summed E-state index contributed by atoms with van der Waals surface area (Å²) in [4.78, 5) is 21.2. The number of aromatic carboxylic acids is 1. The van der Waals surface area contributed by atoms with E-state index in [9.17, 15) is 4.79 Å². The van der Waals surface area contributed by atoms with Crippen molar-refractivity contribution < 1.29 is 15.0 Å². The highest BCUT2D eigenvalue weighted by molar-refractivity contribution is 5.96. The molecule has 2 rings (SSSR count). The summed E-state index contributed by atoms with van der Waals surface area (Å²) in [6.45, 7) is 4.62. The number of rotatable bonds is 6. The molecule has 0 radical (unpaired) electrons. The molecule has 20 heavy (non-hydrogen) atoms. The highest BCUT2D eigenvalue weighted by atomic mass is 16.4. The van der Waals surface area contributed by atoms with Crippen LogP contribution in [0.25, 0.3) is 10.9 Å². The summed E-state index contributed by atoms with van der Waals surface area (Å²) in [6.07, 6.45) is 3.10. The van der Waals surface area contributed by atoms with E-state index in [0.29, 0.717) is 24.4 Å². The summed E-state index contributed by atoms with van der Waals surface area (Å²) in [5.41, 5.74) is 0.737. The molecular formula is C14H15N3O3.